The van der Waals surface area contributed by atoms with Gasteiger partial charge in [-0.25, -0.2) is 4.79 Å². The van der Waals surface area contributed by atoms with Crippen LogP contribution in [-0.2, 0) is 9.59 Å². The Balaban J connectivity index is 4.16. The van der Waals surface area contributed by atoms with E-state index < -0.39 is 17.9 Å². The van der Waals surface area contributed by atoms with Crippen molar-refractivity contribution in [2.75, 3.05) is 12.0 Å². The van der Waals surface area contributed by atoms with Crippen molar-refractivity contribution in [2.45, 2.75) is 19.4 Å². The predicted molar refractivity (Wildman–Crippen MR) is 57.4 cm³/mol. The molecule has 1 amide bonds. The number of thioether (sulfide) groups is 1. The fourth-order valence-corrected chi connectivity index (χ4v) is 1.25. The van der Waals surface area contributed by atoms with Gasteiger partial charge >= 0.3 is 5.97 Å². The Bertz CT molecular complexity index is 240. The Hall–Kier alpha value is -0.970. The molecule has 0 bridgehead atoms. The average molecular weight is 217 g/mol. The van der Waals surface area contributed by atoms with Crippen molar-refractivity contribution in [1.29, 1.82) is 0 Å². The zero-order valence-corrected chi connectivity index (χ0v) is 9.19. The molecule has 0 saturated heterocycles. The summed E-state index contributed by atoms with van der Waals surface area (Å²) in [6.45, 7) is 4.98. The third kappa shape index (κ3) is 4.91. The Morgan fingerprint density at radius 2 is 2.14 bits per heavy atom. The summed E-state index contributed by atoms with van der Waals surface area (Å²) in [6, 6.07) is -0.813. The van der Waals surface area contributed by atoms with E-state index in [1.54, 1.807) is 18.7 Å². The number of hydrogen-bond acceptors (Lipinski definition) is 3. The molecule has 0 fully saturated rings. The first kappa shape index (κ1) is 13.0. The van der Waals surface area contributed by atoms with Crippen molar-refractivity contribution in [3.8, 4) is 0 Å². The maximum absolute atomic E-state index is 11.1. The van der Waals surface area contributed by atoms with Crippen molar-refractivity contribution in [1.82, 2.24) is 5.32 Å². The molecule has 4 nitrogen and oxygen atoms in total. The minimum atomic E-state index is -1.01. The highest BCUT2D eigenvalue weighted by Gasteiger charge is 2.19. The molecule has 0 aliphatic carbocycles. The summed E-state index contributed by atoms with van der Waals surface area (Å²) in [6.07, 6.45) is 2.31. The largest absolute Gasteiger partial charge is 0.480 e. The molecule has 0 aromatic heterocycles. The van der Waals surface area contributed by atoms with Gasteiger partial charge in [-0.2, -0.15) is 11.8 Å². The maximum Gasteiger partial charge on any atom is 0.326 e. The van der Waals surface area contributed by atoms with Crippen LogP contribution >= 0.6 is 11.8 Å². The molecule has 0 aromatic carbocycles. The minimum Gasteiger partial charge on any atom is -0.480 e. The lowest BCUT2D eigenvalue weighted by Crippen LogP contribution is -2.41. The number of aliphatic carboxylic acids is 1. The number of rotatable bonds is 6. The monoisotopic (exact) mass is 217 g/mol. The van der Waals surface area contributed by atoms with Crippen LogP contribution in [0.1, 0.15) is 13.3 Å². The highest BCUT2D eigenvalue weighted by atomic mass is 32.2. The lowest BCUT2D eigenvalue weighted by Gasteiger charge is -2.13. The van der Waals surface area contributed by atoms with Gasteiger partial charge < -0.3 is 10.4 Å². The third-order valence-corrected chi connectivity index (χ3v) is 2.25. The zero-order chi connectivity index (χ0) is 11.1. The molecule has 0 rings (SSSR count). The summed E-state index contributed by atoms with van der Waals surface area (Å²) in [5.74, 6) is -0.708. The van der Waals surface area contributed by atoms with Gasteiger partial charge in [-0.3, -0.25) is 4.79 Å². The molecular formula is C9H15NO3S. The smallest absolute Gasteiger partial charge is 0.326 e. The van der Waals surface area contributed by atoms with E-state index in [9.17, 15) is 9.59 Å². The van der Waals surface area contributed by atoms with Gasteiger partial charge in [-0.1, -0.05) is 6.58 Å². The van der Waals surface area contributed by atoms with Crippen LogP contribution in [0, 0.1) is 0 Å². The maximum atomic E-state index is 11.1. The van der Waals surface area contributed by atoms with Crippen molar-refractivity contribution < 1.29 is 14.7 Å². The number of carboxylic acid groups (broad SMARTS) is 1. The summed E-state index contributed by atoms with van der Waals surface area (Å²) in [7, 11) is 0. The summed E-state index contributed by atoms with van der Waals surface area (Å²) in [5.41, 5.74) is 0.320. The number of hydrogen-bond donors (Lipinski definition) is 2. The lowest BCUT2D eigenvalue weighted by molar-refractivity contribution is -0.141. The second-order valence-corrected chi connectivity index (χ2v) is 3.91. The van der Waals surface area contributed by atoms with Gasteiger partial charge in [-0.05, 0) is 25.4 Å². The first-order valence-electron chi connectivity index (χ1n) is 4.17. The highest BCUT2D eigenvalue weighted by Crippen LogP contribution is 2.01. The molecule has 0 aliphatic heterocycles. The number of carbonyl (C=O) groups is 2. The van der Waals surface area contributed by atoms with Crippen LogP contribution in [0.2, 0.25) is 0 Å². The fraction of sp³-hybridized carbons (Fsp3) is 0.556. The van der Waals surface area contributed by atoms with E-state index in [1.807, 2.05) is 6.26 Å². The molecule has 80 valence electrons. The number of nitrogens with one attached hydrogen (secondary N) is 1. The molecule has 2 N–H and O–H groups in total. The number of amides is 1. The first-order valence-corrected chi connectivity index (χ1v) is 5.56. The van der Waals surface area contributed by atoms with Gasteiger partial charge in [-0.15, -0.1) is 0 Å². The van der Waals surface area contributed by atoms with Crippen LogP contribution in [0.25, 0.3) is 0 Å². The predicted octanol–water partition coefficient (Wildman–Crippen LogP) is 0.885. The zero-order valence-electron chi connectivity index (χ0n) is 8.37. The quantitative estimate of drug-likeness (QED) is 0.648. The standard InChI is InChI=1S/C9H15NO3S/c1-6(2)8(11)10-7(9(12)13)4-5-14-3/h7H,1,4-5H2,2-3H3,(H,10,11)(H,12,13)/t7-/m0/s1. The van der Waals surface area contributed by atoms with Crippen LogP contribution in [0.5, 0.6) is 0 Å². The lowest BCUT2D eigenvalue weighted by atomic mass is 10.2. The van der Waals surface area contributed by atoms with Gasteiger partial charge in [0, 0.05) is 5.57 Å². The van der Waals surface area contributed by atoms with Crippen molar-refractivity contribution in [2.24, 2.45) is 0 Å². The van der Waals surface area contributed by atoms with E-state index in [4.69, 9.17) is 5.11 Å². The molecular weight excluding hydrogens is 202 g/mol. The first-order chi connectivity index (χ1) is 6.49. The van der Waals surface area contributed by atoms with Crippen LogP contribution in [0.3, 0.4) is 0 Å². The topological polar surface area (TPSA) is 66.4 Å². The molecule has 14 heavy (non-hydrogen) atoms. The SMILES string of the molecule is C=C(C)C(=O)N[C@@H](CCSC)C(=O)O. The normalized spacial score (nSPS) is 11.9. The molecule has 0 saturated carbocycles. The fourth-order valence-electron chi connectivity index (χ4n) is 0.775. The number of carboxylic acids is 1. The van der Waals surface area contributed by atoms with Crippen LogP contribution in [0.15, 0.2) is 12.2 Å². The molecule has 5 heteroatoms. The van der Waals surface area contributed by atoms with Gasteiger partial charge in [0.25, 0.3) is 0 Å². The van der Waals surface area contributed by atoms with E-state index in [0.29, 0.717) is 17.7 Å². The molecule has 0 radical (unpaired) electrons. The Morgan fingerprint density at radius 3 is 2.50 bits per heavy atom. The van der Waals surface area contributed by atoms with Crippen LogP contribution < -0.4 is 5.32 Å². The van der Waals surface area contributed by atoms with Gasteiger partial charge in [0.1, 0.15) is 6.04 Å². The van der Waals surface area contributed by atoms with E-state index in [2.05, 4.69) is 11.9 Å². The summed E-state index contributed by atoms with van der Waals surface area (Å²) >= 11 is 1.55. The molecule has 0 heterocycles. The van der Waals surface area contributed by atoms with E-state index >= 15 is 0 Å². The second kappa shape index (κ2) is 6.48. The molecule has 0 spiro atoms. The van der Waals surface area contributed by atoms with E-state index in [1.165, 1.54) is 0 Å². The van der Waals surface area contributed by atoms with Gasteiger partial charge in [0.2, 0.25) is 5.91 Å². The Morgan fingerprint density at radius 1 is 1.57 bits per heavy atom. The van der Waals surface area contributed by atoms with Crippen molar-refractivity contribution in [3.63, 3.8) is 0 Å². The van der Waals surface area contributed by atoms with Crippen molar-refractivity contribution in [3.05, 3.63) is 12.2 Å². The van der Waals surface area contributed by atoms with Crippen molar-refractivity contribution >= 4 is 23.6 Å². The minimum absolute atomic E-state index is 0.320. The molecule has 1 atom stereocenters. The summed E-state index contributed by atoms with van der Waals surface area (Å²) < 4.78 is 0. The van der Waals surface area contributed by atoms with Gasteiger partial charge in [0.15, 0.2) is 0 Å². The Kier molecular flexibility index (Phi) is 6.03. The second-order valence-electron chi connectivity index (χ2n) is 2.93. The van der Waals surface area contributed by atoms with E-state index in [-0.39, 0.29) is 0 Å². The summed E-state index contributed by atoms with van der Waals surface area (Å²) in [5, 5.41) is 11.2. The van der Waals surface area contributed by atoms with E-state index in [0.717, 1.165) is 0 Å². The third-order valence-electron chi connectivity index (χ3n) is 1.60. The molecule has 0 aliphatic rings. The highest BCUT2D eigenvalue weighted by molar-refractivity contribution is 7.98. The number of carbonyl (C=O) groups excluding carboxylic acids is 1. The Labute approximate surface area is 87.8 Å². The molecule has 0 aromatic rings. The van der Waals surface area contributed by atoms with Crippen LogP contribution in [-0.4, -0.2) is 35.0 Å². The summed E-state index contributed by atoms with van der Waals surface area (Å²) in [4.78, 5) is 21.8. The van der Waals surface area contributed by atoms with Crippen LogP contribution in [0.4, 0.5) is 0 Å². The molecule has 0 unspecified atom stereocenters. The van der Waals surface area contributed by atoms with Gasteiger partial charge in [0.05, 0.1) is 0 Å². The average Bonchev–Trinajstić information content (AvgIpc) is 2.10.